The molecule has 0 aromatic rings. The van der Waals surface area contributed by atoms with E-state index in [0.29, 0.717) is 0 Å². The number of aldehydes is 1. The van der Waals surface area contributed by atoms with Gasteiger partial charge < -0.3 is 50.0 Å². The van der Waals surface area contributed by atoms with Gasteiger partial charge in [-0.15, -0.1) is 0 Å². The van der Waals surface area contributed by atoms with Crippen LogP contribution in [-0.2, 0) is 14.3 Å². The zero-order chi connectivity index (χ0) is 17.0. The predicted octanol–water partition coefficient (Wildman–Crippen LogP) is -4.53. The summed E-state index contributed by atoms with van der Waals surface area (Å²) in [5, 5.41) is 66.7. The van der Waals surface area contributed by atoms with Crippen molar-refractivity contribution in [1.29, 1.82) is 0 Å². The zero-order valence-corrected chi connectivity index (χ0v) is 11.8. The number of hydrogen-bond acceptors (Lipinski definition) is 10. The normalized spacial score (nSPS) is 38.1. The molecule has 0 bridgehead atoms. The summed E-state index contributed by atoms with van der Waals surface area (Å²) < 4.78 is 10.1. The highest BCUT2D eigenvalue weighted by Gasteiger charge is 2.46. The fraction of sp³-hybridized carbons (Fsp3) is 0.917. The minimum absolute atomic E-state index is 0.0558. The van der Waals surface area contributed by atoms with Gasteiger partial charge in [-0.2, -0.15) is 0 Å². The second kappa shape index (κ2) is 8.24. The highest BCUT2D eigenvalue weighted by atomic mass is 16.7. The van der Waals surface area contributed by atoms with Crippen LogP contribution >= 0.6 is 0 Å². The van der Waals surface area contributed by atoms with Crippen LogP contribution in [0, 0.1) is 0 Å². The largest absolute Gasteiger partial charge is 0.394 e. The fourth-order valence-corrected chi connectivity index (χ4v) is 2.05. The highest BCUT2D eigenvalue weighted by Crippen LogP contribution is 2.24. The Morgan fingerprint density at radius 3 is 2.18 bits per heavy atom. The topological polar surface area (TPSA) is 177 Å². The third-order valence-corrected chi connectivity index (χ3v) is 3.45. The molecule has 0 unspecified atom stereocenters. The molecule has 0 saturated carbocycles. The number of carbonyl (C=O) groups is 1. The maximum atomic E-state index is 10.7. The van der Waals surface area contributed by atoms with Gasteiger partial charge in [-0.05, 0) is 6.92 Å². The molecule has 0 aliphatic carbocycles. The number of ether oxygens (including phenoxy) is 2. The van der Waals surface area contributed by atoms with Crippen LogP contribution in [0.25, 0.3) is 0 Å². The fourth-order valence-electron chi connectivity index (χ4n) is 2.05. The van der Waals surface area contributed by atoms with Crippen molar-refractivity contribution >= 4 is 6.29 Å². The van der Waals surface area contributed by atoms with Gasteiger partial charge in [-0.1, -0.05) is 0 Å². The van der Waals surface area contributed by atoms with Gasteiger partial charge in [0.2, 0.25) is 0 Å². The Morgan fingerprint density at radius 1 is 1.14 bits per heavy atom. The monoisotopic (exact) mass is 326 g/mol. The molecular formula is C12H22O10. The molecule has 130 valence electrons. The van der Waals surface area contributed by atoms with Gasteiger partial charge in [-0.3, -0.25) is 0 Å². The summed E-state index contributed by atoms with van der Waals surface area (Å²) in [7, 11) is 0. The number of hydrogen-bond donors (Lipinski definition) is 7. The summed E-state index contributed by atoms with van der Waals surface area (Å²) in [6.07, 6.45) is -14.5. The first kappa shape index (κ1) is 19.4. The van der Waals surface area contributed by atoms with Gasteiger partial charge in [0.05, 0.1) is 12.7 Å². The molecule has 1 aliphatic rings. The van der Waals surface area contributed by atoms with E-state index in [0.717, 1.165) is 0 Å². The Balaban J connectivity index is 2.89. The Morgan fingerprint density at radius 2 is 1.73 bits per heavy atom. The van der Waals surface area contributed by atoms with Gasteiger partial charge >= 0.3 is 0 Å². The molecule has 22 heavy (non-hydrogen) atoms. The van der Waals surface area contributed by atoms with Crippen LogP contribution in [0.4, 0.5) is 0 Å². The van der Waals surface area contributed by atoms with Crippen LogP contribution in [0.1, 0.15) is 6.92 Å². The van der Waals surface area contributed by atoms with Crippen molar-refractivity contribution in [2.24, 2.45) is 0 Å². The van der Waals surface area contributed by atoms with Gasteiger partial charge in [0, 0.05) is 0 Å². The lowest BCUT2D eigenvalue weighted by Gasteiger charge is -2.41. The molecule has 0 radical (unpaired) electrons. The van der Waals surface area contributed by atoms with E-state index in [9.17, 15) is 35.4 Å². The summed E-state index contributed by atoms with van der Waals surface area (Å²) in [5.74, 6) is 0. The molecular weight excluding hydrogens is 304 g/mol. The lowest BCUT2D eigenvalue weighted by atomic mass is 9.98. The van der Waals surface area contributed by atoms with Gasteiger partial charge in [0.1, 0.15) is 42.7 Å². The SMILES string of the molecule is C[C@@H](O)[C@H](O)[C@H](O[C@@H]1O[C@H](CO)[C@@H](O)[C@H](O)[C@H]1O)[C@@H](O)C=O. The quantitative estimate of drug-likeness (QED) is 0.225. The van der Waals surface area contributed by atoms with E-state index in [2.05, 4.69) is 0 Å². The first-order chi connectivity index (χ1) is 10.2. The summed E-state index contributed by atoms with van der Waals surface area (Å²) in [6, 6.07) is 0. The lowest BCUT2D eigenvalue weighted by molar-refractivity contribution is -0.324. The summed E-state index contributed by atoms with van der Waals surface area (Å²) in [4.78, 5) is 10.7. The minimum Gasteiger partial charge on any atom is -0.394 e. The van der Waals surface area contributed by atoms with Crippen molar-refractivity contribution in [3.05, 3.63) is 0 Å². The molecule has 1 fully saturated rings. The molecule has 7 N–H and O–H groups in total. The van der Waals surface area contributed by atoms with Gasteiger partial charge in [0.15, 0.2) is 12.6 Å². The molecule has 1 heterocycles. The van der Waals surface area contributed by atoms with Crippen molar-refractivity contribution in [3.8, 4) is 0 Å². The van der Waals surface area contributed by atoms with E-state index in [1.807, 2.05) is 0 Å². The Bertz CT molecular complexity index is 349. The summed E-state index contributed by atoms with van der Waals surface area (Å²) in [5.41, 5.74) is 0. The predicted molar refractivity (Wildman–Crippen MR) is 68.4 cm³/mol. The Labute approximate surface area is 126 Å². The third-order valence-electron chi connectivity index (χ3n) is 3.45. The average Bonchev–Trinajstić information content (AvgIpc) is 2.50. The number of aliphatic hydroxyl groups excluding tert-OH is 7. The van der Waals surface area contributed by atoms with E-state index >= 15 is 0 Å². The van der Waals surface area contributed by atoms with Crippen LogP contribution < -0.4 is 0 Å². The van der Waals surface area contributed by atoms with Crippen molar-refractivity contribution < 1.29 is 50.0 Å². The summed E-state index contributed by atoms with van der Waals surface area (Å²) in [6.45, 7) is 0.497. The molecule has 10 nitrogen and oxygen atoms in total. The summed E-state index contributed by atoms with van der Waals surface area (Å²) >= 11 is 0. The second-order valence-electron chi connectivity index (χ2n) is 5.16. The first-order valence-corrected chi connectivity index (χ1v) is 6.70. The van der Waals surface area contributed by atoms with Crippen molar-refractivity contribution in [1.82, 2.24) is 0 Å². The molecule has 9 atom stereocenters. The maximum Gasteiger partial charge on any atom is 0.187 e. The van der Waals surface area contributed by atoms with Crippen LogP contribution in [0.15, 0.2) is 0 Å². The zero-order valence-electron chi connectivity index (χ0n) is 11.8. The first-order valence-electron chi connectivity index (χ1n) is 6.70. The average molecular weight is 326 g/mol. The van der Waals surface area contributed by atoms with E-state index in [1.165, 1.54) is 6.92 Å². The van der Waals surface area contributed by atoms with Crippen LogP contribution in [-0.4, -0.2) is 104 Å². The standard InChI is InChI=1S/C12H22O10/c1-4(15)7(17)11(5(16)2-13)22-12-10(20)9(19)8(18)6(3-14)21-12/h2,4-12,14-20H,3H2,1H3/t4-,5+,6-,7+,8-,9+,10-,11-,12+/m1/s1. The Hall–Kier alpha value is -0.690. The van der Waals surface area contributed by atoms with Crippen molar-refractivity contribution in [2.45, 2.75) is 62.0 Å². The van der Waals surface area contributed by atoms with Crippen LogP contribution in [0.5, 0.6) is 0 Å². The van der Waals surface area contributed by atoms with Gasteiger partial charge in [-0.25, -0.2) is 0 Å². The molecule has 0 aromatic carbocycles. The number of rotatable bonds is 7. The number of carbonyl (C=O) groups excluding carboxylic acids is 1. The maximum absolute atomic E-state index is 10.7. The molecule has 0 spiro atoms. The van der Waals surface area contributed by atoms with Crippen LogP contribution in [0.3, 0.4) is 0 Å². The van der Waals surface area contributed by atoms with Crippen LogP contribution in [0.2, 0.25) is 0 Å². The smallest absolute Gasteiger partial charge is 0.187 e. The molecule has 0 aromatic heterocycles. The lowest BCUT2D eigenvalue weighted by Crippen LogP contribution is -2.61. The number of aliphatic hydroxyl groups is 7. The van der Waals surface area contributed by atoms with E-state index < -0.39 is 61.7 Å². The molecule has 1 aliphatic heterocycles. The van der Waals surface area contributed by atoms with E-state index in [-0.39, 0.29) is 6.29 Å². The molecule has 10 heteroatoms. The highest BCUT2D eigenvalue weighted by molar-refractivity contribution is 5.56. The second-order valence-corrected chi connectivity index (χ2v) is 5.16. The Kier molecular flexibility index (Phi) is 7.25. The minimum atomic E-state index is -1.84. The van der Waals surface area contributed by atoms with Crippen molar-refractivity contribution in [2.75, 3.05) is 6.61 Å². The van der Waals surface area contributed by atoms with E-state index in [1.54, 1.807) is 0 Å². The molecule has 1 rings (SSSR count). The molecule has 1 saturated heterocycles. The third kappa shape index (κ3) is 4.19. The van der Waals surface area contributed by atoms with Crippen molar-refractivity contribution in [3.63, 3.8) is 0 Å². The van der Waals surface area contributed by atoms with Gasteiger partial charge in [0.25, 0.3) is 0 Å². The molecule has 0 amide bonds. The van der Waals surface area contributed by atoms with E-state index in [4.69, 9.17) is 14.6 Å².